The highest BCUT2D eigenvalue weighted by Crippen LogP contribution is 2.28. The lowest BCUT2D eigenvalue weighted by molar-refractivity contribution is -0.659. The molecule has 1 heterocycles. The molecule has 0 radical (unpaired) electrons. The quantitative estimate of drug-likeness (QED) is 0.559. The molecule has 0 unspecified atom stereocenters. The summed E-state index contributed by atoms with van der Waals surface area (Å²) in [5, 5.41) is 1.57. The van der Waals surface area contributed by atoms with Crippen molar-refractivity contribution >= 4 is 13.3 Å². The molecule has 2 heteroatoms. The van der Waals surface area contributed by atoms with Crippen LogP contribution in [0.4, 0.5) is 0 Å². The van der Waals surface area contributed by atoms with Crippen LogP contribution >= 0.6 is 0 Å². The van der Waals surface area contributed by atoms with Gasteiger partial charge in [0.15, 0.2) is 6.20 Å². The molecule has 124 valence electrons. The molecule has 0 fully saturated rings. The zero-order valence-corrected chi connectivity index (χ0v) is 17.3. The lowest BCUT2D eigenvalue weighted by Gasteiger charge is -2.28. The van der Waals surface area contributed by atoms with Gasteiger partial charge in [0, 0.05) is 16.8 Å². The first-order valence-corrected chi connectivity index (χ1v) is 12.0. The summed E-state index contributed by atoms with van der Waals surface area (Å²) in [7, 11) is 0.799. The predicted octanol–water partition coefficient (Wildman–Crippen LogP) is 4.64. The van der Waals surface area contributed by atoms with Crippen molar-refractivity contribution in [1.29, 1.82) is 0 Å². The molecule has 0 atom stereocenters. The molecule has 2 aromatic rings. The molecule has 0 N–H and O–H groups in total. The topological polar surface area (TPSA) is 3.88 Å². The van der Waals surface area contributed by atoms with Gasteiger partial charge in [0.1, 0.15) is 7.05 Å². The van der Waals surface area contributed by atoms with Crippen LogP contribution in [0.15, 0.2) is 30.5 Å². The minimum atomic E-state index is -1.39. The van der Waals surface area contributed by atoms with Crippen molar-refractivity contribution in [2.24, 2.45) is 7.05 Å². The van der Waals surface area contributed by atoms with Crippen molar-refractivity contribution in [2.45, 2.75) is 59.7 Å². The fourth-order valence-electron chi connectivity index (χ4n) is 3.15. The zero-order valence-electron chi connectivity index (χ0n) is 16.3. The molecule has 0 aliphatic carbocycles. The molecule has 2 rings (SSSR count). The van der Waals surface area contributed by atoms with E-state index >= 15 is 0 Å². The highest BCUT2D eigenvalue weighted by Gasteiger charge is 2.31. The van der Waals surface area contributed by atoms with Crippen molar-refractivity contribution in [3.05, 3.63) is 47.2 Å². The van der Waals surface area contributed by atoms with Crippen LogP contribution in [0.3, 0.4) is 0 Å². The first-order valence-electron chi connectivity index (χ1n) is 8.53. The average molecular weight is 327 g/mol. The Morgan fingerprint density at radius 3 is 2.09 bits per heavy atom. The Bertz CT molecular complexity index is 731. The first-order chi connectivity index (χ1) is 10.4. The first kappa shape index (κ1) is 17.9. The summed E-state index contributed by atoms with van der Waals surface area (Å²) in [6, 6.07) is 9.18. The minimum Gasteiger partial charge on any atom is -0.201 e. The summed E-state index contributed by atoms with van der Waals surface area (Å²) in [5.41, 5.74) is 6.99. The number of rotatable bonds is 2. The Hall–Kier alpha value is -1.41. The second-order valence-electron chi connectivity index (χ2n) is 8.92. The number of benzene rings is 1. The summed E-state index contributed by atoms with van der Waals surface area (Å²) in [5.74, 6) is 0. The number of aryl methyl sites for hydroxylation is 3. The second-order valence-corrected chi connectivity index (χ2v) is 14.0. The van der Waals surface area contributed by atoms with Crippen molar-refractivity contribution in [3.63, 3.8) is 0 Å². The molecular formula is C21H32NSi+. The molecule has 0 saturated heterocycles. The Labute approximate surface area is 143 Å². The van der Waals surface area contributed by atoms with Gasteiger partial charge in [-0.05, 0) is 36.5 Å². The molecule has 0 spiro atoms. The second kappa shape index (κ2) is 5.90. The number of aromatic nitrogens is 1. The monoisotopic (exact) mass is 326 g/mol. The van der Waals surface area contributed by atoms with E-state index in [4.69, 9.17) is 0 Å². The largest absolute Gasteiger partial charge is 0.212 e. The molecule has 1 nitrogen and oxygen atoms in total. The van der Waals surface area contributed by atoms with E-state index in [1.807, 2.05) is 0 Å². The summed E-state index contributed by atoms with van der Waals surface area (Å²) in [6.07, 6.45) is 2.39. The molecule has 0 aliphatic rings. The summed E-state index contributed by atoms with van der Waals surface area (Å²) in [4.78, 5) is 0. The maximum atomic E-state index is 2.44. The van der Waals surface area contributed by atoms with Gasteiger partial charge in [-0.1, -0.05) is 58.1 Å². The average Bonchev–Trinajstić information content (AvgIpc) is 2.39. The fourth-order valence-corrected chi connectivity index (χ4v) is 4.98. The van der Waals surface area contributed by atoms with Crippen LogP contribution in [0.2, 0.25) is 19.6 Å². The van der Waals surface area contributed by atoms with E-state index in [2.05, 4.69) is 96.3 Å². The van der Waals surface area contributed by atoms with Gasteiger partial charge in [-0.2, -0.15) is 0 Å². The Balaban J connectivity index is 2.80. The van der Waals surface area contributed by atoms with Gasteiger partial charge in [-0.25, -0.2) is 4.57 Å². The van der Waals surface area contributed by atoms with E-state index < -0.39 is 8.07 Å². The number of nitrogens with zero attached hydrogens (tertiary/aromatic N) is 1. The number of hydrogen-bond acceptors (Lipinski definition) is 0. The number of pyridine rings is 1. The van der Waals surface area contributed by atoms with Crippen LogP contribution in [0, 0.1) is 13.8 Å². The van der Waals surface area contributed by atoms with Crippen molar-refractivity contribution in [1.82, 2.24) is 0 Å². The Morgan fingerprint density at radius 1 is 0.957 bits per heavy atom. The maximum absolute atomic E-state index is 2.44. The van der Waals surface area contributed by atoms with E-state index in [9.17, 15) is 0 Å². The third kappa shape index (κ3) is 3.74. The lowest BCUT2D eigenvalue weighted by atomic mass is 9.86. The molecule has 0 amide bonds. The molecule has 1 aromatic carbocycles. The van der Waals surface area contributed by atoms with E-state index in [1.54, 1.807) is 5.19 Å². The van der Waals surface area contributed by atoms with Gasteiger partial charge in [0.2, 0.25) is 5.69 Å². The molecule has 1 aromatic heterocycles. The van der Waals surface area contributed by atoms with Gasteiger partial charge < -0.3 is 0 Å². The summed E-state index contributed by atoms with van der Waals surface area (Å²) >= 11 is 0. The Kier molecular flexibility index (Phi) is 4.60. The van der Waals surface area contributed by atoms with Crippen LogP contribution in [0.25, 0.3) is 11.3 Å². The standard InChI is InChI=1S/C21H32NSi/c1-15-10-11-16(2)17(12-15)19-13-18(21(3,4)5)20(14-22(19)6)23(7,8)9/h10-14H,1-9H3/q+1. The van der Waals surface area contributed by atoms with Crippen molar-refractivity contribution in [3.8, 4) is 11.3 Å². The third-order valence-electron chi connectivity index (χ3n) is 4.56. The Morgan fingerprint density at radius 2 is 1.57 bits per heavy atom. The van der Waals surface area contributed by atoms with E-state index in [1.165, 1.54) is 27.9 Å². The minimum absolute atomic E-state index is 0.163. The van der Waals surface area contributed by atoms with Gasteiger partial charge in [-0.15, -0.1) is 0 Å². The van der Waals surface area contributed by atoms with Crippen LogP contribution in [-0.2, 0) is 12.5 Å². The third-order valence-corrected chi connectivity index (χ3v) is 6.57. The maximum Gasteiger partial charge on any atom is 0.212 e. The molecular weight excluding hydrogens is 294 g/mol. The van der Waals surface area contributed by atoms with Crippen LogP contribution < -0.4 is 9.75 Å². The highest BCUT2D eigenvalue weighted by atomic mass is 28.3. The number of hydrogen-bond donors (Lipinski definition) is 0. The summed E-state index contributed by atoms with van der Waals surface area (Å²) in [6.45, 7) is 18.7. The van der Waals surface area contributed by atoms with E-state index in [-0.39, 0.29) is 5.41 Å². The predicted molar refractivity (Wildman–Crippen MR) is 104 cm³/mol. The molecule has 0 aliphatic heterocycles. The van der Waals surface area contributed by atoms with Crippen molar-refractivity contribution in [2.75, 3.05) is 0 Å². The molecule has 0 bridgehead atoms. The van der Waals surface area contributed by atoms with Crippen LogP contribution in [0.5, 0.6) is 0 Å². The van der Waals surface area contributed by atoms with Crippen molar-refractivity contribution < 1.29 is 4.57 Å². The van der Waals surface area contributed by atoms with Gasteiger partial charge in [0.25, 0.3) is 0 Å². The molecule has 23 heavy (non-hydrogen) atoms. The van der Waals surface area contributed by atoms with Crippen LogP contribution in [0.1, 0.15) is 37.5 Å². The fraction of sp³-hybridized carbons (Fsp3) is 0.476. The zero-order chi connectivity index (χ0) is 17.6. The SMILES string of the molecule is Cc1ccc(C)c(-c2cc(C(C)(C)C)c([Si](C)(C)C)c[n+]2C)c1. The van der Waals surface area contributed by atoms with Crippen LogP contribution in [-0.4, -0.2) is 8.07 Å². The molecule has 0 saturated carbocycles. The van der Waals surface area contributed by atoms with Gasteiger partial charge >= 0.3 is 0 Å². The normalized spacial score (nSPS) is 12.6. The van der Waals surface area contributed by atoms with Gasteiger partial charge in [-0.3, -0.25) is 0 Å². The summed E-state index contributed by atoms with van der Waals surface area (Å²) < 4.78 is 2.32. The van der Waals surface area contributed by atoms with Gasteiger partial charge in [0.05, 0.1) is 8.07 Å². The van der Waals surface area contributed by atoms with E-state index in [0.29, 0.717) is 0 Å². The highest BCUT2D eigenvalue weighted by molar-refractivity contribution is 6.89. The van der Waals surface area contributed by atoms with E-state index in [0.717, 1.165) is 0 Å². The lowest BCUT2D eigenvalue weighted by Crippen LogP contribution is -2.49. The smallest absolute Gasteiger partial charge is 0.201 e.